The minimum absolute atomic E-state index is 0.273. The highest BCUT2D eigenvalue weighted by Crippen LogP contribution is 2.27. The highest BCUT2D eigenvalue weighted by Gasteiger charge is 2.14. The van der Waals surface area contributed by atoms with Gasteiger partial charge in [-0.1, -0.05) is 6.92 Å². The van der Waals surface area contributed by atoms with Crippen LogP contribution in [0.3, 0.4) is 0 Å². The smallest absolute Gasteiger partial charge is 0.163 e. The molecule has 0 amide bonds. The molecule has 0 saturated carbocycles. The van der Waals surface area contributed by atoms with Crippen molar-refractivity contribution < 1.29 is 4.79 Å². The van der Waals surface area contributed by atoms with Gasteiger partial charge in [-0.2, -0.15) is 0 Å². The summed E-state index contributed by atoms with van der Waals surface area (Å²) in [6.45, 7) is 8.03. The van der Waals surface area contributed by atoms with Gasteiger partial charge in [0.1, 0.15) is 0 Å². The molecule has 0 aliphatic heterocycles. The molecule has 0 saturated heterocycles. The van der Waals surface area contributed by atoms with Gasteiger partial charge < -0.3 is 0 Å². The maximum absolute atomic E-state index is 11.5. The van der Waals surface area contributed by atoms with Gasteiger partial charge in [0, 0.05) is 21.7 Å². The summed E-state index contributed by atoms with van der Waals surface area (Å²) in [6, 6.07) is 0. The fourth-order valence-electron chi connectivity index (χ4n) is 1.38. The van der Waals surface area contributed by atoms with Crippen LogP contribution >= 0.6 is 11.3 Å². The van der Waals surface area contributed by atoms with Crippen LogP contribution in [0.15, 0.2) is 0 Å². The summed E-state index contributed by atoms with van der Waals surface area (Å²) >= 11 is 1.72. The van der Waals surface area contributed by atoms with Gasteiger partial charge in [-0.25, -0.2) is 0 Å². The average Bonchev–Trinajstić information content (AvgIpc) is 2.26. The van der Waals surface area contributed by atoms with Crippen LogP contribution in [0.1, 0.15) is 39.0 Å². The molecule has 1 aromatic heterocycles. The van der Waals surface area contributed by atoms with E-state index in [-0.39, 0.29) is 5.78 Å². The van der Waals surface area contributed by atoms with Crippen LogP contribution in [0.25, 0.3) is 0 Å². The number of thiophene rings is 1. The number of hydrogen-bond acceptors (Lipinski definition) is 2. The lowest BCUT2D eigenvalue weighted by atomic mass is 10.0. The Morgan fingerprint density at radius 1 is 1.25 bits per heavy atom. The predicted molar refractivity (Wildman–Crippen MR) is 53.2 cm³/mol. The Balaban J connectivity index is 3.22. The molecule has 12 heavy (non-hydrogen) atoms. The molecule has 0 N–H and O–H groups in total. The van der Waals surface area contributed by atoms with Crippen LogP contribution in [0, 0.1) is 20.8 Å². The predicted octanol–water partition coefficient (Wildman–Crippen LogP) is 3.27. The summed E-state index contributed by atoms with van der Waals surface area (Å²) in [5.41, 5.74) is 2.13. The second-order valence-electron chi connectivity index (χ2n) is 2.99. The molecule has 2 heteroatoms. The molecular weight excluding hydrogens is 168 g/mol. The maximum Gasteiger partial charge on any atom is 0.163 e. The molecule has 0 radical (unpaired) electrons. The van der Waals surface area contributed by atoms with Gasteiger partial charge in [-0.05, 0) is 26.3 Å². The lowest BCUT2D eigenvalue weighted by Gasteiger charge is -1.97. The summed E-state index contributed by atoms with van der Waals surface area (Å²) in [6.07, 6.45) is 0.609. The number of Topliss-reactive ketones (excluding diaryl/α,β-unsaturated/α-hetero) is 1. The Morgan fingerprint density at radius 3 is 2.17 bits per heavy atom. The minimum atomic E-state index is 0.273. The second kappa shape index (κ2) is 3.40. The van der Waals surface area contributed by atoms with Crippen LogP contribution in [-0.4, -0.2) is 5.78 Å². The monoisotopic (exact) mass is 182 g/mol. The minimum Gasteiger partial charge on any atom is -0.294 e. The van der Waals surface area contributed by atoms with Gasteiger partial charge in [-0.15, -0.1) is 11.3 Å². The van der Waals surface area contributed by atoms with Crippen molar-refractivity contribution in [2.75, 3.05) is 0 Å². The Bertz CT molecular complexity index is 310. The van der Waals surface area contributed by atoms with E-state index in [0.29, 0.717) is 6.42 Å². The van der Waals surface area contributed by atoms with Crippen molar-refractivity contribution >= 4 is 17.1 Å². The van der Waals surface area contributed by atoms with Crippen molar-refractivity contribution in [2.45, 2.75) is 34.1 Å². The molecule has 1 rings (SSSR count). The first-order valence-electron chi connectivity index (χ1n) is 4.17. The fraction of sp³-hybridized carbons (Fsp3) is 0.500. The topological polar surface area (TPSA) is 17.1 Å². The molecule has 0 aliphatic carbocycles. The molecule has 0 atom stereocenters. The first-order chi connectivity index (χ1) is 5.57. The number of carbonyl (C=O) groups is 1. The van der Waals surface area contributed by atoms with E-state index in [2.05, 4.69) is 6.92 Å². The van der Waals surface area contributed by atoms with Crippen molar-refractivity contribution in [3.63, 3.8) is 0 Å². The van der Waals surface area contributed by atoms with Gasteiger partial charge in [0.15, 0.2) is 5.78 Å². The van der Waals surface area contributed by atoms with E-state index in [1.54, 1.807) is 11.3 Å². The van der Waals surface area contributed by atoms with Crippen molar-refractivity contribution in [2.24, 2.45) is 0 Å². The third-order valence-corrected chi connectivity index (χ3v) is 3.28. The molecule has 1 heterocycles. The summed E-state index contributed by atoms with van der Waals surface area (Å²) in [5, 5.41) is 0. The van der Waals surface area contributed by atoms with E-state index in [1.165, 1.54) is 10.4 Å². The van der Waals surface area contributed by atoms with E-state index in [4.69, 9.17) is 0 Å². The zero-order valence-corrected chi connectivity index (χ0v) is 8.84. The van der Waals surface area contributed by atoms with E-state index < -0.39 is 0 Å². The largest absolute Gasteiger partial charge is 0.294 e. The van der Waals surface area contributed by atoms with Crippen LogP contribution in [0.4, 0.5) is 0 Å². The third-order valence-electron chi connectivity index (χ3n) is 2.16. The maximum atomic E-state index is 11.5. The van der Waals surface area contributed by atoms with E-state index >= 15 is 0 Å². The van der Waals surface area contributed by atoms with Crippen LogP contribution in [0.5, 0.6) is 0 Å². The normalized spacial score (nSPS) is 10.3. The van der Waals surface area contributed by atoms with Gasteiger partial charge in [0.2, 0.25) is 0 Å². The molecule has 0 aliphatic rings. The SMILES string of the molecule is CCC(=O)c1c(C)sc(C)c1C. The first-order valence-corrected chi connectivity index (χ1v) is 4.99. The Labute approximate surface area is 77.4 Å². The van der Waals surface area contributed by atoms with Crippen LogP contribution in [0.2, 0.25) is 0 Å². The van der Waals surface area contributed by atoms with Crippen molar-refractivity contribution in [3.05, 3.63) is 20.9 Å². The number of carbonyl (C=O) groups excluding carboxylic acids is 1. The number of rotatable bonds is 2. The Kier molecular flexibility index (Phi) is 2.68. The second-order valence-corrected chi connectivity index (χ2v) is 4.42. The average molecular weight is 182 g/mol. The highest BCUT2D eigenvalue weighted by molar-refractivity contribution is 7.12. The van der Waals surface area contributed by atoms with Gasteiger partial charge in [0.25, 0.3) is 0 Å². The lowest BCUT2D eigenvalue weighted by molar-refractivity contribution is 0.0987. The number of aryl methyl sites for hydroxylation is 2. The summed E-state index contributed by atoms with van der Waals surface area (Å²) in [4.78, 5) is 13.9. The molecule has 0 aromatic carbocycles. The van der Waals surface area contributed by atoms with Gasteiger partial charge >= 0.3 is 0 Å². The molecule has 0 bridgehead atoms. The number of hydrogen-bond donors (Lipinski definition) is 0. The third kappa shape index (κ3) is 1.44. The van der Waals surface area contributed by atoms with E-state index in [1.807, 2.05) is 20.8 Å². The van der Waals surface area contributed by atoms with Crippen molar-refractivity contribution in [3.8, 4) is 0 Å². The zero-order chi connectivity index (χ0) is 9.30. The zero-order valence-electron chi connectivity index (χ0n) is 8.02. The van der Waals surface area contributed by atoms with E-state index in [0.717, 1.165) is 10.4 Å². The first kappa shape index (κ1) is 9.46. The number of ketones is 1. The molecule has 66 valence electrons. The Morgan fingerprint density at radius 2 is 1.83 bits per heavy atom. The summed E-state index contributed by atoms with van der Waals surface area (Å²) < 4.78 is 0. The molecule has 1 nitrogen and oxygen atoms in total. The lowest BCUT2D eigenvalue weighted by Crippen LogP contribution is -1.98. The quantitative estimate of drug-likeness (QED) is 0.641. The van der Waals surface area contributed by atoms with Gasteiger partial charge in [-0.3, -0.25) is 4.79 Å². The van der Waals surface area contributed by atoms with Crippen LogP contribution < -0.4 is 0 Å². The fourth-order valence-corrected chi connectivity index (χ4v) is 2.46. The van der Waals surface area contributed by atoms with E-state index in [9.17, 15) is 4.79 Å². The molecule has 1 aromatic rings. The standard InChI is InChI=1S/C10H14OS/c1-5-9(11)10-6(2)7(3)12-8(10)4/h5H2,1-4H3. The highest BCUT2D eigenvalue weighted by atomic mass is 32.1. The summed E-state index contributed by atoms with van der Waals surface area (Å²) in [7, 11) is 0. The molecule has 0 unspecified atom stereocenters. The Hall–Kier alpha value is -0.630. The van der Waals surface area contributed by atoms with Crippen LogP contribution in [-0.2, 0) is 0 Å². The van der Waals surface area contributed by atoms with Crippen molar-refractivity contribution in [1.82, 2.24) is 0 Å². The molecule has 0 fully saturated rings. The summed E-state index contributed by atoms with van der Waals surface area (Å²) in [5.74, 6) is 0.273. The molecule has 0 spiro atoms. The molecular formula is C10H14OS. The van der Waals surface area contributed by atoms with Gasteiger partial charge in [0.05, 0.1) is 0 Å². The van der Waals surface area contributed by atoms with Crippen molar-refractivity contribution in [1.29, 1.82) is 0 Å².